The lowest BCUT2D eigenvalue weighted by Gasteiger charge is -2.08. The van der Waals surface area contributed by atoms with Crippen molar-refractivity contribution in [1.29, 1.82) is 0 Å². The molecule has 0 atom stereocenters. The number of amides is 2. The van der Waals surface area contributed by atoms with Gasteiger partial charge in [-0.25, -0.2) is 0 Å². The molecule has 1 heterocycles. The Hall–Kier alpha value is -2.25. The summed E-state index contributed by atoms with van der Waals surface area (Å²) in [6.07, 6.45) is 1.44. The lowest BCUT2D eigenvalue weighted by atomic mass is 10.2. The molecule has 1 aromatic heterocycles. The predicted molar refractivity (Wildman–Crippen MR) is 95.3 cm³/mol. The monoisotopic (exact) mass is 391 g/mol. The van der Waals surface area contributed by atoms with Crippen LogP contribution < -0.4 is 10.6 Å². The number of aromatic nitrogens is 1. The second-order valence-corrected chi connectivity index (χ2v) is 5.95. The number of hydrogen-bond donors (Lipinski definition) is 2. The van der Waals surface area contributed by atoms with Crippen LogP contribution in [-0.4, -0.2) is 37.1 Å². The highest BCUT2D eigenvalue weighted by molar-refractivity contribution is 9.10. The van der Waals surface area contributed by atoms with Crippen LogP contribution in [0.15, 0.2) is 41.0 Å². The zero-order valence-corrected chi connectivity index (χ0v) is 15.0. The van der Waals surface area contributed by atoms with Gasteiger partial charge in [-0.05, 0) is 36.8 Å². The smallest absolute Gasteiger partial charge is 0.269 e. The van der Waals surface area contributed by atoms with E-state index in [2.05, 4.69) is 31.5 Å². The van der Waals surface area contributed by atoms with Gasteiger partial charge < -0.3 is 15.4 Å². The Morgan fingerprint density at radius 1 is 1.21 bits per heavy atom. The standard InChI is InChI=1S/C17H18BrN3O3/c1-11-3-4-13(10-14(11)18)21-16(22)12-5-6-19-15(9-12)17(23)20-7-8-24-2/h3-6,9-10H,7-8H2,1-2H3,(H,20,23)(H,21,22). The molecule has 6 nitrogen and oxygen atoms in total. The maximum Gasteiger partial charge on any atom is 0.269 e. The fourth-order valence-corrected chi connectivity index (χ4v) is 2.31. The molecule has 7 heteroatoms. The third-order valence-corrected chi connectivity index (χ3v) is 4.13. The molecule has 1 aromatic carbocycles. The molecule has 0 aliphatic carbocycles. The molecule has 0 radical (unpaired) electrons. The minimum Gasteiger partial charge on any atom is -0.383 e. The number of benzene rings is 1. The molecule has 2 rings (SSSR count). The van der Waals surface area contributed by atoms with E-state index in [1.54, 1.807) is 13.2 Å². The van der Waals surface area contributed by atoms with Gasteiger partial charge in [0.1, 0.15) is 5.69 Å². The SMILES string of the molecule is COCCNC(=O)c1cc(C(=O)Nc2ccc(C)c(Br)c2)ccn1. The summed E-state index contributed by atoms with van der Waals surface area (Å²) in [5, 5.41) is 5.46. The Morgan fingerprint density at radius 2 is 2.00 bits per heavy atom. The normalized spacial score (nSPS) is 10.3. The third kappa shape index (κ3) is 4.87. The van der Waals surface area contributed by atoms with Crippen molar-refractivity contribution < 1.29 is 14.3 Å². The van der Waals surface area contributed by atoms with Crippen molar-refractivity contribution in [3.8, 4) is 0 Å². The van der Waals surface area contributed by atoms with Gasteiger partial charge in [-0.15, -0.1) is 0 Å². The molecule has 126 valence electrons. The molecule has 0 unspecified atom stereocenters. The van der Waals surface area contributed by atoms with Crippen molar-refractivity contribution >= 4 is 33.4 Å². The van der Waals surface area contributed by atoms with E-state index in [9.17, 15) is 9.59 Å². The van der Waals surface area contributed by atoms with Crippen molar-refractivity contribution in [3.63, 3.8) is 0 Å². The lowest BCUT2D eigenvalue weighted by molar-refractivity contribution is 0.0932. The molecule has 0 fully saturated rings. The molecule has 24 heavy (non-hydrogen) atoms. The Labute approximate surface area is 148 Å². The highest BCUT2D eigenvalue weighted by atomic mass is 79.9. The Kier molecular flexibility index (Phi) is 6.45. The maximum absolute atomic E-state index is 12.3. The summed E-state index contributed by atoms with van der Waals surface area (Å²) in [4.78, 5) is 28.3. The first-order valence-corrected chi connectivity index (χ1v) is 8.11. The summed E-state index contributed by atoms with van der Waals surface area (Å²) >= 11 is 3.43. The first kappa shape index (κ1) is 18.1. The van der Waals surface area contributed by atoms with Gasteiger partial charge in [-0.2, -0.15) is 0 Å². The highest BCUT2D eigenvalue weighted by Gasteiger charge is 2.12. The van der Waals surface area contributed by atoms with Crippen molar-refractivity contribution in [3.05, 3.63) is 57.8 Å². The third-order valence-electron chi connectivity index (χ3n) is 3.28. The maximum atomic E-state index is 12.3. The van der Waals surface area contributed by atoms with Gasteiger partial charge in [-0.3, -0.25) is 14.6 Å². The number of hydrogen-bond acceptors (Lipinski definition) is 4. The molecule has 0 aliphatic rings. The molecular formula is C17H18BrN3O3. The zero-order valence-electron chi connectivity index (χ0n) is 13.4. The van der Waals surface area contributed by atoms with Gasteiger partial charge in [0, 0.05) is 35.6 Å². The molecule has 0 saturated carbocycles. The van der Waals surface area contributed by atoms with Crippen LogP contribution in [0.2, 0.25) is 0 Å². The van der Waals surface area contributed by atoms with Crippen molar-refractivity contribution in [2.45, 2.75) is 6.92 Å². The molecule has 0 saturated heterocycles. The summed E-state index contributed by atoms with van der Waals surface area (Å²) in [6.45, 7) is 2.76. The number of aryl methyl sites for hydroxylation is 1. The Bertz CT molecular complexity index is 750. The largest absolute Gasteiger partial charge is 0.383 e. The number of nitrogens with one attached hydrogen (secondary N) is 2. The van der Waals surface area contributed by atoms with Crippen LogP contribution in [0.1, 0.15) is 26.4 Å². The van der Waals surface area contributed by atoms with Crippen LogP contribution >= 0.6 is 15.9 Å². The quantitative estimate of drug-likeness (QED) is 0.741. The summed E-state index contributed by atoms with van der Waals surface area (Å²) < 4.78 is 5.78. The minimum atomic E-state index is -0.347. The molecule has 2 aromatic rings. The number of nitrogens with zero attached hydrogens (tertiary/aromatic N) is 1. The fourth-order valence-electron chi connectivity index (χ4n) is 1.93. The number of ether oxygens (including phenoxy) is 1. The molecule has 0 aliphatic heterocycles. The first-order chi connectivity index (χ1) is 11.5. The number of pyridine rings is 1. The van der Waals surface area contributed by atoms with Crippen LogP contribution in [-0.2, 0) is 4.74 Å². The van der Waals surface area contributed by atoms with E-state index < -0.39 is 0 Å². The Balaban J connectivity index is 2.08. The number of anilines is 1. The highest BCUT2D eigenvalue weighted by Crippen LogP contribution is 2.21. The number of carbonyl (C=O) groups is 2. The van der Waals surface area contributed by atoms with Crippen molar-refractivity contribution in [1.82, 2.24) is 10.3 Å². The molecule has 2 amide bonds. The second-order valence-electron chi connectivity index (χ2n) is 5.10. The summed E-state index contributed by atoms with van der Waals surface area (Å²) in [5.74, 6) is -0.654. The zero-order chi connectivity index (χ0) is 17.5. The topological polar surface area (TPSA) is 80.3 Å². The van der Waals surface area contributed by atoms with E-state index in [0.717, 1.165) is 10.0 Å². The lowest BCUT2D eigenvalue weighted by Crippen LogP contribution is -2.28. The average molecular weight is 392 g/mol. The average Bonchev–Trinajstić information content (AvgIpc) is 2.58. The van der Waals surface area contributed by atoms with Gasteiger partial charge in [0.25, 0.3) is 11.8 Å². The fraction of sp³-hybridized carbons (Fsp3) is 0.235. The summed E-state index contributed by atoms with van der Waals surface area (Å²) in [5.41, 5.74) is 2.29. The number of halogens is 1. The number of rotatable bonds is 6. The summed E-state index contributed by atoms with van der Waals surface area (Å²) in [7, 11) is 1.55. The Morgan fingerprint density at radius 3 is 2.71 bits per heavy atom. The van der Waals surface area contributed by atoms with E-state index in [-0.39, 0.29) is 17.5 Å². The van der Waals surface area contributed by atoms with E-state index >= 15 is 0 Å². The molecular weight excluding hydrogens is 374 g/mol. The van der Waals surface area contributed by atoms with Gasteiger partial charge in [0.2, 0.25) is 0 Å². The van der Waals surface area contributed by atoms with E-state index in [1.807, 2.05) is 25.1 Å². The van der Waals surface area contributed by atoms with E-state index in [4.69, 9.17) is 4.74 Å². The molecule has 2 N–H and O–H groups in total. The minimum absolute atomic E-state index is 0.184. The first-order valence-electron chi connectivity index (χ1n) is 7.32. The number of methoxy groups -OCH3 is 1. The second kappa shape index (κ2) is 8.56. The van der Waals surface area contributed by atoms with Gasteiger partial charge in [0.05, 0.1) is 6.61 Å². The number of carbonyl (C=O) groups excluding carboxylic acids is 2. The van der Waals surface area contributed by atoms with Crippen LogP contribution in [0.3, 0.4) is 0 Å². The summed E-state index contributed by atoms with van der Waals surface area (Å²) in [6, 6.07) is 8.57. The van der Waals surface area contributed by atoms with Gasteiger partial charge >= 0.3 is 0 Å². The van der Waals surface area contributed by atoms with Crippen molar-refractivity contribution in [2.24, 2.45) is 0 Å². The molecule has 0 spiro atoms. The van der Waals surface area contributed by atoms with Crippen molar-refractivity contribution in [2.75, 3.05) is 25.6 Å². The predicted octanol–water partition coefficient (Wildman–Crippen LogP) is 2.78. The van der Waals surface area contributed by atoms with Crippen LogP contribution in [0.5, 0.6) is 0 Å². The van der Waals surface area contributed by atoms with E-state index in [0.29, 0.717) is 24.4 Å². The van der Waals surface area contributed by atoms with E-state index in [1.165, 1.54) is 12.3 Å². The van der Waals surface area contributed by atoms with Crippen LogP contribution in [0, 0.1) is 6.92 Å². The van der Waals surface area contributed by atoms with Crippen LogP contribution in [0.4, 0.5) is 5.69 Å². The van der Waals surface area contributed by atoms with Gasteiger partial charge in [-0.1, -0.05) is 22.0 Å². The van der Waals surface area contributed by atoms with Gasteiger partial charge in [0.15, 0.2) is 0 Å². The van der Waals surface area contributed by atoms with Crippen LogP contribution in [0.25, 0.3) is 0 Å². The molecule has 0 bridgehead atoms.